The van der Waals surface area contributed by atoms with Crippen molar-refractivity contribution < 1.29 is 4.52 Å². The molecular formula is C11H14N4O. The van der Waals surface area contributed by atoms with Gasteiger partial charge >= 0.3 is 0 Å². The maximum atomic E-state index is 5.53. The Kier molecular flexibility index (Phi) is 3.26. The van der Waals surface area contributed by atoms with Crippen molar-refractivity contribution in [1.29, 1.82) is 0 Å². The van der Waals surface area contributed by atoms with Crippen LogP contribution in [0.1, 0.15) is 30.3 Å². The Morgan fingerprint density at radius 3 is 3.00 bits per heavy atom. The molecule has 0 aromatic carbocycles. The third-order valence-electron chi connectivity index (χ3n) is 2.32. The fraction of sp³-hybridized carbons (Fsp3) is 0.364. The zero-order valence-electron chi connectivity index (χ0n) is 9.13. The molecule has 0 bridgehead atoms. The first kappa shape index (κ1) is 10.8. The molecule has 0 fully saturated rings. The molecule has 0 radical (unpaired) electrons. The average molecular weight is 218 g/mol. The van der Waals surface area contributed by atoms with E-state index >= 15 is 0 Å². The minimum absolute atomic E-state index is 0.102. The summed E-state index contributed by atoms with van der Waals surface area (Å²) in [4.78, 5) is 8.48. The number of nitrogens with two attached hydrogens (primary N) is 1. The molecule has 2 aromatic rings. The predicted octanol–water partition coefficient (Wildman–Crippen LogP) is 1.12. The van der Waals surface area contributed by atoms with Gasteiger partial charge in [0.25, 0.3) is 0 Å². The summed E-state index contributed by atoms with van der Waals surface area (Å²) in [5, 5.41) is 3.90. The van der Waals surface area contributed by atoms with Gasteiger partial charge in [-0.25, -0.2) is 0 Å². The summed E-state index contributed by atoms with van der Waals surface area (Å²) >= 11 is 0. The Balaban J connectivity index is 2.09. The van der Waals surface area contributed by atoms with Gasteiger partial charge in [0.1, 0.15) is 0 Å². The van der Waals surface area contributed by atoms with E-state index in [1.165, 1.54) is 0 Å². The highest BCUT2D eigenvalue weighted by Gasteiger charge is 2.12. The lowest BCUT2D eigenvalue weighted by Crippen LogP contribution is -2.09. The molecule has 2 aromatic heterocycles. The first-order valence-electron chi connectivity index (χ1n) is 5.22. The van der Waals surface area contributed by atoms with Crippen molar-refractivity contribution in [2.75, 3.05) is 6.54 Å². The molecule has 16 heavy (non-hydrogen) atoms. The first-order chi connectivity index (χ1) is 7.79. The lowest BCUT2D eigenvalue weighted by molar-refractivity contribution is 0.357. The third kappa shape index (κ3) is 2.43. The van der Waals surface area contributed by atoms with Crippen LogP contribution < -0.4 is 5.73 Å². The SMILES string of the molecule is CC(CN)c1nc(Cc2ccccn2)no1. The van der Waals surface area contributed by atoms with Gasteiger partial charge in [0.15, 0.2) is 5.82 Å². The Bertz CT molecular complexity index is 440. The lowest BCUT2D eigenvalue weighted by atomic mass is 10.2. The van der Waals surface area contributed by atoms with Gasteiger partial charge in [-0.05, 0) is 12.1 Å². The molecule has 1 atom stereocenters. The van der Waals surface area contributed by atoms with Gasteiger partial charge in [-0.3, -0.25) is 4.98 Å². The van der Waals surface area contributed by atoms with Gasteiger partial charge in [0.2, 0.25) is 5.89 Å². The highest BCUT2D eigenvalue weighted by molar-refractivity contribution is 5.09. The number of nitrogens with zero attached hydrogens (tertiary/aromatic N) is 3. The van der Waals surface area contributed by atoms with Crippen molar-refractivity contribution in [3.63, 3.8) is 0 Å². The summed E-state index contributed by atoms with van der Waals surface area (Å²) in [6.07, 6.45) is 2.33. The summed E-state index contributed by atoms with van der Waals surface area (Å²) in [5.74, 6) is 1.34. The van der Waals surface area contributed by atoms with Crippen molar-refractivity contribution in [3.05, 3.63) is 41.8 Å². The van der Waals surface area contributed by atoms with Crippen LogP contribution in [0.2, 0.25) is 0 Å². The number of rotatable bonds is 4. The van der Waals surface area contributed by atoms with Crippen LogP contribution in [0.25, 0.3) is 0 Å². The van der Waals surface area contributed by atoms with E-state index in [4.69, 9.17) is 10.3 Å². The molecule has 0 spiro atoms. The van der Waals surface area contributed by atoms with E-state index < -0.39 is 0 Å². The smallest absolute Gasteiger partial charge is 0.230 e. The van der Waals surface area contributed by atoms with Crippen LogP contribution in [0, 0.1) is 0 Å². The molecule has 0 aliphatic carbocycles. The monoisotopic (exact) mass is 218 g/mol. The molecule has 0 saturated heterocycles. The van der Waals surface area contributed by atoms with Crippen molar-refractivity contribution in [1.82, 2.24) is 15.1 Å². The Hall–Kier alpha value is -1.75. The number of aromatic nitrogens is 3. The molecule has 1 unspecified atom stereocenters. The minimum Gasteiger partial charge on any atom is -0.339 e. The molecular weight excluding hydrogens is 204 g/mol. The van der Waals surface area contributed by atoms with E-state index in [1.807, 2.05) is 25.1 Å². The maximum Gasteiger partial charge on any atom is 0.230 e. The number of hydrogen-bond acceptors (Lipinski definition) is 5. The van der Waals surface area contributed by atoms with Crippen LogP contribution in [0.15, 0.2) is 28.9 Å². The second-order valence-electron chi connectivity index (χ2n) is 3.68. The van der Waals surface area contributed by atoms with E-state index in [2.05, 4.69) is 15.1 Å². The average Bonchev–Trinajstić information content (AvgIpc) is 2.78. The number of pyridine rings is 1. The van der Waals surface area contributed by atoms with Crippen LogP contribution >= 0.6 is 0 Å². The van der Waals surface area contributed by atoms with E-state index in [0.717, 1.165) is 5.69 Å². The molecule has 0 aliphatic heterocycles. The molecule has 0 amide bonds. The highest BCUT2D eigenvalue weighted by Crippen LogP contribution is 2.12. The second kappa shape index (κ2) is 4.85. The van der Waals surface area contributed by atoms with Crippen molar-refractivity contribution in [2.24, 2.45) is 5.73 Å². The van der Waals surface area contributed by atoms with Gasteiger partial charge in [0.05, 0.1) is 6.42 Å². The summed E-state index contributed by atoms with van der Waals surface area (Å²) in [6.45, 7) is 2.46. The fourth-order valence-electron chi connectivity index (χ4n) is 1.30. The van der Waals surface area contributed by atoms with Crippen LogP contribution in [0.5, 0.6) is 0 Å². The highest BCUT2D eigenvalue weighted by atomic mass is 16.5. The standard InChI is InChI=1S/C11H14N4O/c1-8(7-12)11-14-10(15-16-11)6-9-4-2-3-5-13-9/h2-5,8H,6-7,12H2,1H3. The summed E-state index contributed by atoms with van der Waals surface area (Å²) in [6, 6.07) is 5.75. The Morgan fingerprint density at radius 2 is 2.31 bits per heavy atom. The Labute approximate surface area is 93.7 Å². The van der Waals surface area contributed by atoms with Crippen LogP contribution in [0.3, 0.4) is 0 Å². The van der Waals surface area contributed by atoms with Crippen molar-refractivity contribution >= 4 is 0 Å². The molecule has 84 valence electrons. The van der Waals surface area contributed by atoms with Crippen molar-refractivity contribution in [3.8, 4) is 0 Å². The summed E-state index contributed by atoms with van der Waals surface area (Å²) < 4.78 is 5.12. The second-order valence-corrected chi connectivity index (χ2v) is 3.68. The van der Waals surface area contributed by atoms with Gasteiger partial charge in [0, 0.05) is 24.4 Å². The van der Waals surface area contributed by atoms with Crippen LogP contribution in [-0.2, 0) is 6.42 Å². The zero-order chi connectivity index (χ0) is 11.4. The Morgan fingerprint density at radius 1 is 1.44 bits per heavy atom. The molecule has 5 nitrogen and oxygen atoms in total. The summed E-state index contributed by atoms with van der Waals surface area (Å²) in [7, 11) is 0. The normalized spacial score (nSPS) is 12.6. The van der Waals surface area contributed by atoms with E-state index in [9.17, 15) is 0 Å². The van der Waals surface area contributed by atoms with Gasteiger partial charge < -0.3 is 10.3 Å². The molecule has 0 aliphatic rings. The predicted molar refractivity (Wildman–Crippen MR) is 58.8 cm³/mol. The lowest BCUT2D eigenvalue weighted by Gasteiger charge is -1.98. The summed E-state index contributed by atoms with van der Waals surface area (Å²) in [5.41, 5.74) is 6.45. The quantitative estimate of drug-likeness (QED) is 0.831. The molecule has 2 rings (SSSR count). The maximum absolute atomic E-state index is 5.53. The zero-order valence-corrected chi connectivity index (χ0v) is 9.13. The van der Waals surface area contributed by atoms with Crippen LogP contribution in [-0.4, -0.2) is 21.7 Å². The minimum atomic E-state index is 0.102. The fourth-order valence-corrected chi connectivity index (χ4v) is 1.30. The van der Waals surface area contributed by atoms with Crippen LogP contribution in [0.4, 0.5) is 0 Å². The molecule has 5 heteroatoms. The van der Waals surface area contributed by atoms with E-state index in [0.29, 0.717) is 24.7 Å². The number of hydrogen-bond donors (Lipinski definition) is 1. The molecule has 0 saturated carbocycles. The molecule has 2 heterocycles. The van der Waals surface area contributed by atoms with Crippen molar-refractivity contribution in [2.45, 2.75) is 19.3 Å². The molecule has 2 N–H and O–H groups in total. The van der Waals surface area contributed by atoms with Gasteiger partial charge in [-0.1, -0.05) is 18.1 Å². The van der Waals surface area contributed by atoms with Gasteiger partial charge in [-0.2, -0.15) is 4.98 Å². The van der Waals surface area contributed by atoms with Gasteiger partial charge in [-0.15, -0.1) is 0 Å². The topological polar surface area (TPSA) is 77.8 Å². The largest absolute Gasteiger partial charge is 0.339 e. The first-order valence-corrected chi connectivity index (χ1v) is 5.22. The third-order valence-corrected chi connectivity index (χ3v) is 2.32. The van der Waals surface area contributed by atoms with E-state index in [-0.39, 0.29) is 5.92 Å². The van der Waals surface area contributed by atoms with E-state index in [1.54, 1.807) is 6.20 Å².